The number of benzene rings is 2. The molecule has 1 unspecified atom stereocenters. The van der Waals surface area contributed by atoms with Crippen molar-refractivity contribution in [1.82, 2.24) is 4.90 Å². The lowest BCUT2D eigenvalue weighted by molar-refractivity contribution is 0.0541. The number of carbonyl (C=O) groups is 1. The first-order valence-corrected chi connectivity index (χ1v) is 8.36. The molecule has 0 saturated heterocycles. The second kappa shape index (κ2) is 9.10. The van der Waals surface area contributed by atoms with Crippen LogP contribution in [-0.2, 0) is 11.3 Å². The number of amides is 1. The lowest BCUT2D eigenvalue weighted by Gasteiger charge is -2.29. The second-order valence-electron chi connectivity index (χ2n) is 6.08. The summed E-state index contributed by atoms with van der Waals surface area (Å²) in [6, 6.07) is 12.4. The van der Waals surface area contributed by atoms with Gasteiger partial charge in [-0.3, -0.25) is 4.79 Å². The minimum absolute atomic E-state index is 0.108. The van der Waals surface area contributed by atoms with E-state index >= 15 is 0 Å². The Morgan fingerprint density at radius 3 is 2.27 bits per heavy atom. The summed E-state index contributed by atoms with van der Waals surface area (Å²) >= 11 is 0. The number of nitrogens with two attached hydrogens (primary N) is 1. The van der Waals surface area contributed by atoms with Crippen molar-refractivity contribution < 1.29 is 19.0 Å². The van der Waals surface area contributed by atoms with Gasteiger partial charge in [0.2, 0.25) is 0 Å². The van der Waals surface area contributed by atoms with Crippen molar-refractivity contribution in [2.75, 3.05) is 33.7 Å². The molecule has 2 aromatic carbocycles. The molecule has 2 aromatic rings. The first-order chi connectivity index (χ1) is 12.5. The van der Waals surface area contributed by atoms with Gasteiger partial charge in [0.25, 0.3) is 5.91 Å². The minimum Gasteiger partial charge on any atom is -0.497 e. The van der Waals surface area contributed by atoms with Crippen LogP contribution in [-0.4, -0.2) is 44.8 Å². The molecule has 2 rings (SSSR count). The smallest absolute Gasteiger partial charge is 0.254 e. The van der Waals surface area contributed by atoms with Gasteiger partial charge in [0, 0.05) is 31.0 Å². The molecule has 0 spiro atoms. The summed E-state index contributed by atoms with van der Waals surface area (Å²) in [7, 11) is 4.82. The molecule has 0 aliphatic rings. The Bertz CT molecular complexity index is 726. The Hall–Kier alpha value is -2.73. The van der Waals surface area contributed by atoms with E-state index in [1.807, 2.05) is 19.1 Å². The average molecular weight is 358 g/mol. The molecule has 0 aliphatic carbocycles. The molecule has 0 aliphatic heterocycles. The van der Waals surface area contributed by atoms with Gasteiger partial charge in [0.1, 0.15) is 11.5 Å². The fourth-order valence-electron chi connectivity index (χ4n) is 2.75. The first-order valence-electron chi connectivity index (χ1n) is 8.36. The van der Waals surface area contributed by atoms with Gasteiger partial charge in [-0.1, -0.05) is 6.07 Å². The maximum absolute atomic E-state index is 13.1. The van der Waals surface area contributed by atoms with E-state index in [0.717, 1.165) is 5.56 Å². The Balaban J connectivity index is 2.35. The zero-order chi connectivity index (χ0) is 19.1. The summed E-state index contributed by atoms with van der Waals surface area (Å²) in [6.07, 6.45) is 0. The molecule has 0 aromatic heterocycles. The zero-order valence-corrected chi connectivity index (χ0v) is 15.7. The van der Waals surface area contributed by atoms with Gasteiger partial charge in [-0.05, 0) is 42.8 Å². The standard InChI is InChI=1S/C20H26N2O4/c1-14(13-24-2)22(20(23)16-6-5-7-17(21)10-16)12-15-8-18(25-3)11-19(9-15)26-4/h5-11,14H,12-13,21H2,1-4H3. The van der Waals surface area contributed by atoms with Crippen LogP contribution >= 0.6 is 0 Å². The number of nitrogen functional groups attached to an aromatic ring is 1. The Kier molecular flexibility index (Phi) is 6.86. The molecule has 2 N–H and O–H groups in total. The molecule has 1 atom stereocenters. The van der Waals surface area contributed by atoms with Crippen LogP contribution in [0.1, 0.15) is 22.8 Å². The van der Waals surface area contributed by atoms with Gasteiger partial charge in [0.05, 0.1) is 26.9 Å². The van der Waals surface area contributed by atoms with Crippen LogP contribution in [0.4, 0.5) is 5.69 Å². The summed E-state index contributed by atoms with van der Waals surface area (Å²) in [4.78, 5) is 14.8. The molecule has 0 radical (unpaired) electrons. The van der Waals surface area contributed by atoms with E-state index in [-0.39, 0.29) is 11.9 Å². The normalized spacial score (nSPS) is 11.7. The highest BCUT2D eigenvalue weighted by Gasteiger charge is 2.22. The maximum Gasteiger partial charge on any atom is 0.254 e. The van der Waals surface area contributed by atoms with E-state index < -0.39 is 0 Å². The van der Waals surface area contributed by atoms with E-state index in [9.17, 15) is 4.79 Å². The van der Waals surface area contributed by atoms with Gasteiger partial charge >= 0.3 is 0 Å². The van der Waals surface area contributed by atoms with E-state index in [1.165, 1.54) is 0 Å². The minimum atomic E-state index is -0.119. The SMILES string of the molecule is COCC(C)N(Cc1cc(OC)cc(OC)c1)C(=O)c1cccc(N)c1. The van der Waals surface area contributed by atoms with Crippen molar-refractivity contribution in [2.45, 2.75) is 19.5 Å². The van der Waals surface area contributed by atoms with Crippen LogP contribution < -0.4 is 15.2 Å². The average Bonchev–Trinajstić information content (AvgIpc) is 2.65. The Morgan fingerprint density at radius 2 is 1.73 bits per heavy atom. The van der Waals surface area contributed by atoms with E-state index in [1.54, 1.807) is 56.6 Å². The molecule has 26 heavy (non-hydrogen) atoms. The van der Waals surface area contributed by atoms with E-state index in [2.05, 4.69) is 0 Å². The second-order valence-corrected chi connectivity index (χ2v) is 6.08. The Labute approximate surface area is 154 Å². The molecule has 0 fully saturated rings. The highest BCUT2D eigenvalue weighted by atomic mass is 16.5. The summed E-state index contributed by atoms with van der Waals surface area (Å²) in [5, 5.41) is 0. The summed E-state index contributed by atoms with van der Waals surface area (Å²) in [5.41, 5.74) is 7.83. The quantitative estimate of drug-likeness (QED) is 0.735. The summed E-state index contributed by atoms with van der Waals surface area (Å²) < 4.78 is 15.9. The van der Waals surface area contributed by atoms with Crippen molar-refractivity contribution >= 4 is 11.6 Å². The van der Waals surface area contributed by atoms with Gasteiger partial charge in [-0.15, -0.1) is 0 Å². The van der Waals surface area contributed by atoms with E-state index in [0.29, 0.717) is 35.9 Å². The number of anilines is 1. The zero-order valence-electron chi connectivity index (χ0n) is 15.7. The van der Waals surface area contributed by atoms with Gasteiger partial charge in [-0.2, -0.15) is 0 Å². The third-order valence-corrected chi connectivity index (χ3v) is 4.10. The van der Waals surface area contributed by atoms with Crippen LogP contribution in [0.3, 0.4) is 0 Å². The van der Waals surface area contributed by atoms with E-state index in [4.69, 9.17) is 19.9 Å². The fraction of sp³-hybridized carbons (Fsp3) is 0.350. The van der Waals surface area contributed by atoms with Crippen LogP contribution in [0.5, 0.6) is 11.5 Å². The van der Waals surface area contributed by atoms with Crippen molar-refractivity contribution in [3.63, 3.8) is 0 Å². The highest BCUT2D eigenvalue weighted by Crippen LogP contribution is 2.25. The third kappa shape index (κ3) is 4.89. The van der Waals surface area contributed by atoms with Crippen molar-refractivity contribution in [1.29, 1.82) is 0 Å². The predicted octanol–water partition coefficient (Wildman–Crippen LogP) is 2.96. The molecule has 6 nitrogen and oxygen atoms in total. The van der Waals surface area contributed by atoms with Crippen LogP contribution in [0.25, 0.3) is 0 Å². The number of nitrogens with zero attached hydrogens (tertiary/aromatic N) is 1. The monoisotopic (exact) mass is 358 g/mol. The van der Waals surface area contributed by atoms with Crippen molar-refractivity contribution in [3.8, 4) is 11.5 Å². The number of hydrogen-bond acceptors (Lipinski definition) is 5. The maximum atomic E-state index is 13.1. The molecular formula is C20H26N2O4. The summed E-state index contributed by atoms with van der Waals surface area (Å²) in [5.74, 6) is 1.24. The van der Waals surface area contributed by atoms with Crippen LogP contribution in [0, 0.1) is 0 Å². The molecule has 0 saturated carbocycles. The molecule has 140 valence electrons. The number of rotatable bonds is 8. The van der Waals surface area contributed by atoms with Crippen LogP contribution in [0.15, 0.2) is 42.5 Å². The lowest BCUT2D eigenvalue weighted by Crippen LogP contribution is -2.40. The number of hydrogen-bond donors (Lipinski definition) is 1. The molecule has 6 heteroatoms. The molecular weight excluding hydrogens is 332 g/mol. The largest absolute Gasteiger partial charge is 0.497 e. The number of carbonyl (C=O) groups excluding carboxylic acids is 1. The lowest BCUT2D eigenvalue weighted by atomic mass is 10.1. The van der Waals surface area contributed by atoms with Gasteiger partial charge in [-0.25, -0.2) is 0 Å². The van der Waals surface area contributed by atoms with Crippen molar-refractivity contribution in [3.05, 3.63) is 53.6 Å². The fourth-order valence-corrected chi connectivity index (χ4v) is 2.75. The molecule has 1 amide bonds. The Morgan fingerprint density at radius 1 is 1.08 bits per heavy atom. The molecule has 0 heterocycles. The van der Waals surface area contributed by atoms with Crippen LogP contribution in [0.2, 0.25) is 0 Å². The van der Waals surface area contributed by atoms with Crippen molar-refractivity contribution in [2.24, 2.45) is 0 Å². The molecule has 0 bridgehead atoms. The third-order valence-electron chi connectivity index (χ3n) is 4.10. The number of ether oxygens (including phenoxy) is 3. The van der Waals surface area contributed by atoms with Gasteiger partial charge in [0.15, 0.2) is 0 Å². The highest BCUT2D eigenvalue weighted by molar-refractivity contribution is 5.95. The van der Waals surface area contributed by atoms with Gasteiger partial charge < -0.3 is 24.8 Å². The summed E-state index contributed by atoms with van der Waals surface area (Å²) in [6.45, 7) is 2.77. The first kappa shape index (κ1) is 19.6. The topological polar surface area (TPSA) is 74.0 Å². The number of methoxy groups -OCH3 is 3. The predicted molar refractivity (Wildman–Crippen MR) is 102 cm³/mol.